The lowest BCUT2D eigenvalue weighted by Crippen LogP contribution is -2.56. The molecule has 3 heterocycles. The molecule has 2 fully saturated rings. The van der Waals surface area contributed by atoms with E-state index in [1.165, 1.54) is 40.3 Å². The standard InChI is InChI=1S/C36H48N10O9/c1-36(2,55)28-17-41-44-46(28)22-16-27(33(51)42-24(29(47)30(37)48)10-6-7-13-38-35(53)54)45(18-22)34(52)26(14-20-8-4-3-5-9-20)43-31(49)21-11-12-23-25(15-21)39-19-40-32(23)50/h11-12,15,17,19-20,22,24,26-27,38,55H,3-10,13-14,16,18H2,1-2H3,(H2,37,48)(H,42,51)(H,43,49)(H,53,54)(H,39,40,50)/t22-,24?,26?,27-/m0/s1. The number of primary amides is 1. The lowest BCUT2D eigenvalue weighted by molar-refractivity contribution is -0.142. The highest BCUT2D eigenvalue weighted by Crippen LogP contribution is 2.33. The molecule has 0 spiro atoms. The van der Waals surface area contributed by atoms with Gasteiger partial charge in [0, 0.05) is 25.1 Å². The number of carbonyl (C=O) groups is 6. The SMILES string of the molecule is CC(C)(O)c1cnnn1[C@H]1C[C@@H](C(=O)NC(CCCCNC(=O)O)C(=O)C(N)=O)N(C(=O)C(CC2CCCCC2)NC(=O)c2ccc3c(=O)[nH]cnc3c2)C1. The van der Waals surface area contributed by atoms with Gasteiger partial charge in [-0.2, -0.15) is 0 Å². The third-order valence-corrected chi connectivity index (χ3v) is 10.3. The summed E-state index contributed by atoms with van der Waals surface area (Å²) in [5, 5.41) is 35.8. The molecule has 8 N–H and O–H groups in total. The first-order valence-corrected chi connectivity index (χ1v) is 18.5. The second-order valence-corrected chi connectivity index (χ2v) is 14.8. The van der Waals surface area contributed by atoms with Crippen LogP contribution in [0.15, 0.2) is 35.5 Å². The van der Waals surface area contributed by atoms with E-state index >= 15 is 0 Å². The largest absolute Gasteiger partial charge is 0.465 e. The van der Waals surface area contributed by atoms with Crippen molar-refractivity contribution in [3.05, 3.63) is 52.3 Å². The van der Waals surface area contributed by atoms with Gasteiger partial charge in [-0.15, -0.1) is 5.10 Å². The molecule has 2 aliphatic rings. The Balaban J connectivity index is 1.45. The summed E-state index contributed by atoms with van der Waals surface area (Å²) in [5.41, 5.74) is 4.36. The molecule has 4 atom stereocenters. The molecule has 1 aromatic carbocycles. The van der Waals surface area contributed by atoms with E-state index in [9.17, 15) is 38.7 Å². The first kappa shape index (κ1) is 40.5. The number of aliphatic hydroxyl groups is 1. The van der Waals surface area contributed by atoms with Crippen LogP contribution in [0, 0.1) is 5.92 Å². The number of nitrogens with one attached hydrogen (secondary N) is 4. The number of Topliss-reactive ketones (excluding diaryl/α,β-unsaturated/α-hetero) is 1. The number of benzene rings is 1. The van der Waals surface area contributed by atoms with Gasteiger partial charge in [0.25, 0.3) is 17.4 Å². The summed E-state index contributed by atoms with van der Waals surface area (Å²) >= 11 is 0. The highest BCUT2D eigenvalue weighted by molar-refractivity contribution is 6.37. The summed E-state index contributed by atoms with van der Waals surface area (Å²) in [6.07, 6.45) is 6.89. The Kier molecular flexibility index (Phi) is 13.0. The van der Waals surface area contributed by atoms with Crippen LogP contribution in [0.2, 0.25) is 0 Å². The lowest BCUT2D eigenvalue weighted by Gasteiger charge is -2.32. The molecule has 55 heavy (non-hydrogen) atoms. The fourth-order valence-electron chi connectivity index (χ4n) is 7.44. The molecule has 2 aromatic heterocycles. The van der Waals surface area contributed by atoms with Crippen molar-refractivity contribution in [2.75, 3.05) is 13.1 Å². The van der Waals surface area contributed by atoms with Gasteiger partial charge in [-0.1, -0.05) is 37.3 Å². The quantitative estimate of drug-likeness (QED) is 0.0781. The minimum Gasteiger partial charge on any atom is -0.465 e. The molecule has 5 amide bonds. The second-order valence-electron chi connectivity index (χ2n) is 14.8. The molecule has 1 aliphatic heterocycles. The van der Waals surface area contributed by atoms with Crippen molar-refractivity contribution in [3.63, 3.8) is 0 Å². The van der Waals surface area contributed by atoms with Crippen molar-refractivity contribution < 1.29 is 39.0 Å². The third-order valence-electron chi connectivity index (χ3n) is 10.3. The number of fused-ring (bicyclic) bond motifs is 1. The lowest BCUT2D eigenvalue weighted by atomic mass is 9.84. The molecule has 1 saturated carbocycles. The third kappa shape index (κ3) is 10.1. The Hall–Kier alpha value is -5.72. The first-order chi connectivity index (χ1) is 26.1. The molecule has 5 rings (SSSR count). The van der Waals surface area contributed by atoms with Crippen LogP contribution >= 0.6 is 0 Å². The van der Waals surface area contributed by atoms with Gasteiger partial charge in [0.15, 0.2) is 0 Å². The number of aromatic amines is 1. The van der Waals surface area contributed by atoms with Gasteiger partial charge in [-0.25, -0.2) is 14.5 Å². The van der Waals surface area contributed by atoms with Crippen LogP contribution in [0.3, 0.4) is 0 Å². The Morgan fingerprint density at radius 1 is 1.05 bits per heavy atom. The molecule has 1 saturated heterocycles. The van der Waals surface area contributed by atoms with E-state index in [1.807, 2.05) is 0 Å². The average Bonchev–Trinajstić information content (AvgIpc) is 3.82. The average molecular weight is 765 g/mol. The van der Waals surface area contributed by atoms with E-state index < -0.39 is 65.3 Å². The van der Waals surface area contributed by atoms with E-state index in [-0.39, 0.29) is 61.2 Å². The molecule has 296 valence electrons. The van der Waals surface area contributed by atoms with Crippen LogP contribution in [0.4, 0.5) is 4.79 Å². The van der Waals surface area contributed by atoms with Gasteiger partial charge in [-0.05, 0) is 63.6 Å². The number of carbonyl (C=O) groups excluding carboxylic acids is 5. The van der Waals surface area contributed by atoms with Crippen molar-refractivity contribution in [3.8, 4) is 0 Å². The van der Waals surface area contributed by atoms with Crippen LogP contribution in [0.5, 0.6) is 0 Å². The highest BCUT2D eigenvalue weighted by atomic mass is 16.4. The van der Waals surface area contributed by atoms with E-state index in [2.05, 4.69) is 36.2 Å². The molecule has 0 bridgehead atoms. The maximum Gasteiger partial charge on any atom is 0.404 e. The normalized spacial score (nSPS) is 18.7. The topological polar surface area (TPSA) is 285 Å². The van der Waals surface area contributed by atoms with Crippen LogP contribution in [0.25, 0.3) is 10.9 Å². The Labute approximate surface area is 315 Å². The number of rotatable bonds is 16. The van der Waals surface area contributed by atoms with E-state index in [1.54, 1.807) is 13.8 Å². The number of likely N-dealkylation sites (tertiary alicyclic amines) is 1. The summed E-state index contributed by atoms with van der Waals surface area (Å²) in [5.74, 6) is -4.11. The zero-order chi connectivity index (χ0) is 39.9. The number of nitrogens with two attached hydrogens (primary N) is 1. The number of ketones is 1. The van der Waals surface area contributed by atoms with Crippen molar-refractivity contribution in [2.45, 2.75) is 108 Å². The Morgan fingerprint density at radius 3 is 2.49 bits per heavy atom. The fraction of sp³-hybridized carbons (Fsp3) is 0.556. The van der Waals surface area contributed by atoms with Gasteiger partial charge < -0.3 is 41.8 Å². The summed E-state index contributed by atoms with van der Waals surface area (Å²) in [6.45, 7) is 3.10. The van der Waals surface area contributed by atoms with E-state index in [0.717, 1.165) is 32.1 Å². The molecule has 0 radical (unpaired) electrons. The maximum atomic E-state index is 14.8. The Morgan fingerprint density at radius 2 is 1.80 bits per heavy atom. The number of carboxylic acid groups (broad SMARTS) is 1. The maximum absolute atomic E-state index is 14.8. The Bertz CT molecular complexity index is 1970. The van der Waals surface area contributed by atoms with Gasteiger partial charge in [0.1, 0.15) is 17.7 Å². The highest BCUT2D eigenvalue weighted by Gasteiger charge is 2.45. The number of aromatic nitrogens is 5. The molecule has 19 nitrogen and oxygen atoms in total. The zero-order valence-corrected chi connectivity index (χ0v) is 30.8. The number of amides is 5. The molecule has 1 aliphatic carbocycles. The van der Waals surface area contributed by atoms with Crippen LogP contribution < -0.4 is 27.2 Å². The minimum atomic E-state index is -1.38. The molecular formula is C36H48N10O9. The number of unbranched alkanes of at least 4 members (excludes halogenated alkanes) is 1. The fourth-order valence-corrected chi connectivity index (χ4v) is 7.44. The number of nitrogens with zero attached hydrogens (tertiary/aromatic N) is 5. The van der Waals surface area contributed by atoms with E-state index in [4.69, 9.17) is 10.8 Å². The molecule has 19 heteroatoms. The van der Waals surface area contributed by atoms with Crippen molar-refractivity contribution in [1.82, 2.24) is 45.8 Å². The molecular weight excluding hydrogens is 716 g/mol. The predicted octanol–water partition coefficient (Wildman–Crippen LogP) is 0.630. The van der Waals surface area contributed by atoms with Gasteiger partial charge in [-0.3, -0.25) is 28.8 Å². The van der Waals surface area contributed by atoms with Crippen molar-refractivity contribution in [2.24, 2.45) is 11.7 Å². The predicted molar refractivity (Wildman–Crippen MR) is 195 cm³/mol. The van der Waals surface area contributed by atoms with Gasteiger partial charge >= 0.3 is 6.09 Å². The van der Waals surface area contributed by atoms with E-state index in [0.29, 0.717) is 17.6 Å². The minimum absolute atomic E-state index is 0.0149. The first-order valence-electron chi connectivity index (χ1n) is 18.5. The number of H-pyrrole nitrogens is 1. The molecule has 2 unspecified atom stereocenters. The van der Waals surface area contributed by atoms with Crippen LogP contribution in [-0.2, 0) is 24.8 Å². The summed E-state index contributed by atoms with van der Waals surface area (Å²) in [4.78, 5) is 98.6. The zero-order valence-electron chi connectivity index (χ0n) is 30.8. The summed E-state index contributed by atoms with van der Waals surface area (Å²) in [6, 6.07) is 0.0973. The van der Waals surface area contributed by atoms with Crippen molar-refractivity contribution in [1.29, 1.82) is 0 Å². The van der Waals surface area contributed by atoms with Gasteiger partial charge in [0.2, 0.25) is 17.6 Å². The van der Waals surface area contributed by atoms with Crippen LogP contribution in [-0.4, -0.2) is 107 Å². The summed E-state index contributed by atoms with van der Waals surface area (Å²) < 4.78 is 1.45. The second kappa shape index (κ2) is 17.6. The monoisotopic (exact) mass is 764 g/mol. The summed E-state index contributed by atoms with van der Waals surface area (Å²) in [7, 11) is 0. The smallest absolute Gasteiger partial charge is 0.404 e. The van der Waals surface area contributed by atoms with Crippen LogP contribution in [0.1, 0.15) is 100 Å². The number of hydrogen-bond donors (Lipinski definition) is 7. The molecule has 3 aromatic rings. The number of hydrogen-bond acceptors (Lipinski definition) is 11. The van der Waals surface area contributed by atoms with Gasteiger partial charge in [0.05, 0.1) is 41.2 Å². The van der Waals surface area contributed by atoms with Crippen molar-refractivity contribution >= 4 is 46.4 Å².